The molecule has 0 N–H and O–H groups in total. The zero-order valence-corrected chi connectivity index (χ0v) is 20.5. The van der Waals surface area contributed by atoms with E-state index in [0.29, 0.717) is 32.6 Å². The number of amides is 1. The summed E-state index contributed by atoms with van der Waals surface area (Å²) in [5, 5.41) is 1.24. The topological polar surface area (TPSA) is 95.1 Å². The average molecular weight is 496 g/mol. The van der Waals surface area contributed by atoms with E-state index in [-0.39, 0.29) is 36.0 Å². The molecule has 1 unspecified atom stereocenters. The molecule has 10 heteroatoms. The second-order valence-electron chi connectivity index (χ2n) is 9.23. The first-order chi connectivity index (χ1) is 15.7. The van der Waals surface area contributed by atoms with Crippen molar-refractivity contribution in [2.24, 2.45) is 0 Å². The van der Waals surface area contributed by atoms with E-state index in [2.05, 4.69) is 0 Å². The van der Waals surface area contributed by atoms with E-state index in [0.717, 1.165) is 31.2 Å². The van der Waals surface area contributed by atoms with Crippen molar-refractivity contribution in [3.05, 3.63) is 41.3 Å². The Hall–Kier alpha value is -1.75. The predicted octanol–water partition coefficient (Wildman–Crippen LogP) is 1.56. The quantitative estimate of drug-likeness (QED) is 0.570. The summed E-state index contributed by atoms with van der Waals surface area (Å²) in [7, 11) is -6.60. The van der Waals surface area contributed by atoms with Gasteiger partial charge < -0.3 is 4.90 Å². The summed E-state index contributed by atoms with van der Waals surface area (Å²) in [6.07, 6.45) is 6.12. The number of nitrogens with zero attached hydrogens (tertiary/aromatic N) is 3. The summed E-state index contributed by atoms with van der Waals surface area (Å²) < 4.78 is 50.9. The Balaban J connectivity index is 1.34. The van der Waals surface area contributed by atoms with Gasteiger partial charge >= 0.3 is 0 Å². The van der Waals surface area contributed by atoms with Gasteiger partial charge in [0, 0.05) is 43.7 Å². The number of rotatable bonds is 7. The number of hydrogen-bond acceptors (Lipinski definition) is 6. The van der Waals surface area contributed by atoms with Gasteiger partial charge in [-0.15, -0.1) is 0 Å². The summed E-state index contributed by atoms with van der Waals surface area (Å²) in [5.74, 6) is 0.195. The first kappa shape index (κ1) is 24.4. The van der Waals surface area contributed by atoms with Crippen LogP contribution in [-0.2, 0) is 24.7 Å². The van der Waals surface area contributed by atoms with Crippen molar-refractivity contribution in [3.63, 3.8) is 0 Å². The number of carbonyl (C=O) groups is 1. The van der Waals surface area contributed by atoms with Crippen molar-refractivity contribution in [2.75, 3.05) is 44.2 Å². The first-order valence-corrected chi connectivity index (χ1v) is 15.0. The van der Waals surface area contributed by atoms with E-state index in [9.17, 15) is 21.6 Å². The molecule has 1 aromatic rings. The number of sulfone groups is 1. The number of hydrogen-bond donors (Lipinski definition) is 0. The summed E-state index contributed by atoms with van der Waals surface area (Å²) >= 11 is 0. The lowest BCUT2D eigenvalue weighted by Crippen LogP contribution is -2.54. The summed E-state index contributed by atoms with van der Waals surface area (Å²) in [4.78, 5) is 17.1. The lowest BCUT2D eigenvalue weighted by atomic mass is 10.1. The molecule has 2 aliphatic heterocycles. The van der Waals surface area contributed by atoms with Crippen LogP contribution < -0.4 is 0 Å². The van der Waals surface area contributed by atoms with Gasteiger partial charge in [0.05, 0.1) is 18.1 Å². The monoisotopic (exact) mass is 495 g/mol. The molecule has 182 valence electrons. The van der Waals surface area contributed by atoms with Gasteiger partial charge in [0.15, 0.2) is 9.84 Å². The summed E-state index contributed by atoms with van der Waals surface area (Å²) in [6, 6.07) is 9.19. The van der Waals surface area contributed by atoms with Crippen LogP contribution in [0.2, 0.25) is 0 Å². The minimum absolute atomic E-state index is 0.0238. The van der Waals surface area contributed by atoms with Crippen LogP contribution in [0.5, 0.6) is 0 Å². The van der Waals surface area contributed by atoms with Gasteiger partial charge in [-0.1, -0.05) is 43.2 Å². The lowest BCUT2D eigenvalue weighted by molar-refractivity contribution is -0.137. The SMILES string of the molecule is O=C(CN1CCN(S(=O)(=O)/C=C/c2ccccc2)CC1)N(C1CCCC1)C1CCS(=O)(=O)C1. The van der Waals surface area contributed by atoms with Crippen LogP contribution in [0.4, 0.5) is 0 Å². The van der Waals surface area contributed by atoms with Crippen LogP contribution in [0.15, 0.2) is 35.7 Å². The third-order valence-corrected chi connectivity index (χ3v) is 10.2. The molecule has 0 bridgehead atoms. The van der Waals surface area contributed by atoms with Crippen LogP contribution in [0.3, 0.4) is 0 Å². The standard InChI is InChI=1S/C23H33N3O5S2/c27-23(26(21-8-4-5-9-21)22-11-16-32(28,29)19-22)18-24-12-14-25(15-13-24)33(30,31)17-10-20-6-2-1-3-7-20/h1-3,6-7,10,17,21-22H,4-5,8-9,11-16,18-19H2/b17-10+. The molecule has 1 amide bonds. The Bertz CT molecular complexity index is 1060. The zero-order valence-electron chi connectivity index (χ0n) is 18.9. The Labute approximate surface area is 197 Å². The van der Waals surface area contributed by atoms with Crippen molar-refractivity contribution in [2.45, 2.75) is 44.2 Å². The Morgan fingerprint density at radius 1 is 1.00 bits per heavy atom. The molecule has 0 aromatic heterocycles. The highest BCUT2D eigenvalue weighted by Crippen LogP contribution is 2.29. The molecule has 0 spiro atoms. The molecule has 1 aliphatic carbocycles. The third kappa shape index (κ3) is 6.23. The molecule has 1 atom stereocenters. The van der Waals surface area contributed by atoms with Crippen molar-refractivity contribution in [1.82, 2.24) is 14.1 Å². The van der Waals surface area contributed by atoms with Gasteiger partial charge in [0.2, 0.25) is 15.9 Å². The number of benzene rings is 1. The van der Waals surface area contributed by atoms with Gasteiger partial charge in [-0.25, -0.2) is 16.8 Å². The highest BCUT2D eigenvalue weighted by molar-refractivity contribution is 7.92. The summed E-state index contributed by atoms with van der Waals surface area (Å²) in [6.45, 7) is 1.82. The maximum Gasteiger partial charge on any atom is 0.237 e. The highest BCUT2D eigenvalue weighted by atomic mass is 32.2. The molecule has 1 saturated carbocycles. The van der Waals surface area contributed by atoms with E-state index >= 15 is 0 Å². The third-order valence-electron chi connectivity index (χ3n) is 6.89. The smallest absolute Gasteiger partial charge is 0.237 e. The van der Waals surface area contributed by atoms with Gasteiger partial charge in [0.25, 0.3) is 0 Å². The van der Waals surface area contributed by atoms with E-state index in [1.165, 1.54) is 9.71 Å². The van der Waals surface area contributed by atoms with Crippen molar-refractivity contribution in [1.29, 1.82) is 0 Å². The van der Waals surface area contributed by atoms with Crippen LogP contribution in [-0.4, -0.2) is 93.2 Å². The van der Waals surface area contributed by atoms with E-state index < -0.39 is 19.9 Å². The largest absolute Gasteiger partial charge is 0.335 e. The molecule has 0 radical (unpaired) electrons. The molecule has 33 heavy (non-hydrogen) atoms. The summed E-state index contributed by atoms with van der Waals surface area (Å²) in [5.41, 5.74) is 0.825. The van der Waals surface area contributed by atoms with Crippen LogP contribution in [0, 0.1) is 0 Å². The molecule has 3 aliphatic rings. The number of sulfonamides is 1. The van der Waals surface area contributed by atoms with Gasteiger partial charge in [-0.2, -0.15) is 4.31 Å². The molecule has 8 nitrogen and oxygen atoms in total. The molecule has 3 fully saturated rings. The van der Waals surface area contributed by atoms with Gasteiger partial charge in [0.1, 0.15) is 0 Å². The molecular weight excluding hydrogens is 462 g/mol. The molecular formula is C23H33N3O5S2. The number of carbonyl (C=O) groups excluding carboxylic acids is 1. The Morgan fingerprint density at radius 3 is 2.27 bits per heavy atom. The first-order valence-electron chi connectivity index (χ1n) is 11.7. The van der Waals surface area contributed by atoms with Gasteiger partial charge in [-0.3, -0.25) is 9.69 Å². The highest BCUT2D eigenvalue weighted by Gasteiger charge is 2.39. The molecule has 1 aromatic carbocycles. The minimum Gasteiger partial charge on any atom is -0.335 e. The maximum absolute atomic E-state index is 13.3. The average Bonchev–Trinajstić information content (AvgIpc) is 3.44. The van der Waals surface area contributed by atoms with E-state index in [1.54, 1.807) is 6.08 Å². The molecule has 2 saturated heterocycles. The minimum atomic E-state index is -3.52. The normalized spacial score (nSPS) is 25.0. The van der Waals surface area contributed by atoms with Crippen LogP contribution in [0.25, 0.3) is 6.08 Å². The van der Waals surface area contributed by atoms with Crippen LogP contribution >= 0.6 is 0 Å². The second kappa shape index (κ2) is 10.2. The van der Waals surface area contributed by atoms with E-state index in [1.807, 2.05) is 40.1 Å². The molecule has 4 rings (SSSR count). The fraction of sp³-hybridized carbons (Fsp3) is 0.609. The zero-order chi connectivity index (χ0) is 23.5. The van der Waals surface area contributed by atoms with E-state index in [4.69, 9.17) is 0 Å². The lowest BCUT2D eigenvalue weighted by Gasteiger charge is -2.38. The maximum atomic E-state index is 13.3. The Morgan fingerprint density at radius 2 is 1.67 bits per heavy atom. The second-order valence-corrected chi connectivity index (χ2v) is 13.3. The predicted molar refractivity (Wildman–Crippen MR) is 129 cm³/mol. The van der Waals surface area contributed by atoms with Gasteiger partial charge in [-0.05, 0) is 30.9 Å². The van der Waals surface area contributed by atoms with Crippen molar-refractivity contribution < 1.29 is 21.6 Å². The molecule has 2 heterocycles. The Kier molecular flexibility index (Phi) is 7.57. The van der Waals surface area contributed by atoms with Crippen LogP contribution in [0.1, 0.15) is 37.7 Å². The van der Waals surface area contributed by atoms with Crippen molar-refractivity contribution >= 4 is 31.8 Å². The van der Waals surface area contributed by atoms with Crippen molar-refractivity contribution in [3.8, 4) is 0 Å². The fourth-order valence-electron chi connectivity index (χ4n) is 5.11. The fourth-order valence-corrected chi connectivity index (χ4v) is 8.00. The number of piperazine rings is 1.